The summed E-state index contributed by atoms with van der Waals surface area (Å²) in [4.78, 5) is 18.1. The first kappa shape index (κ1) is 16.4. The Labute approximate surface area is 146 Å². The Balaban J connectivity index is 1.52. The molecule has 8 heteroatoms. The van der Waals surface area contributed by atoms with E-state index in [0.717, 1.165) is 49.6 Å². The van der Waals surface area contributed by atoms with Crippen LogP contribution >= 0.6 is 0 Å². The molecular weight excluding hydrogens is 342 g/mol. The topological polar surface area (TPSA) is 91.5 Å². The van der Waals surface area contributed by atoms with Gasteiger partial charge in [-0.3, -0.25) is 4.79 Å². The number of aromatic nitrogens is 1. The van der Waals surface area contributed by atoms with Crippen LogP contribution < -0.4 is 9.50 Å². The fourth-order valence-electron chi connectivity index (χ4n) is 3.83. The minimum absolute atomic E-state index is 0.125. The molecule has 3 aliphatic heterocycles. The molecule has 3 aliphatic rings. The van der Waals surface area contributed by atoms with Crippen LogP contribution in [0.4, 0.5) is 0 Å². The van der Waals surface area contributed by atoms with Crippen molar-refractivity contribution in [3.05, 3.63) is 30.0 Å². The van der Waals surface area contributed by atoms with Crippen LogP contribution in [-0.2, 0) is 10.1 Å². The van der Waals surface area contributed by atoms with Crippen LogP contribution in [0.25, 0.3) is 10.9 Å². The smallest absolute Gasteiger partial charge is 0.306 e. The highest BCUT2D eigenvalue weighted by atomic mass is 32.2. The fourth-order valence-corrected chi connectivity index (χ4v) is 4.29. The lowest BCUT2D eigenvalue weighted by molar-refractivity contribution is 0.0618. The molecule has 1 aromatic carbocycles. The fraction of sp³-hybridized carbons (Fsp3) is 0.471. The Morgan fingerprint density at radius 2 is 2.04 bits per heavy atom. The van der Waals surface area contributed by atoms with E-state index in [1.807, 2.05) is 0 Å². The molecule has 25 heavy (non-hydrogen) atoms. The molecule has 134 valence electrons. The minimum Gasteiger partial charge on any atom is -0.383 e. The van der Waals surface area contributed by atoms with E-state index >= 15 is 0 Å². The van der Waals surface area contributed by atoms with E-state index in [1.54, 1.807) is 24.3 Å². The van der Waals surface area contributed by atoms with Gasteiger partial charge in [-0.2, -0.15) is 8.42 Å². The molecule has 2 aromatic rings. The Kier molecular flexibility index (Phi) is 3.96. The SMILES string of the molecule is CS(=O)(=O)Oc1ccc2[nH]c(C(=O)NC3CN4CCC3CC4)cc2c1. The number of hydrogen-bond acceptors (Lipinski definition) is 5. The molecule has 0 saturated carbocycles. The van der Waals surface area contributed by atoms with E-state index in [4.69, 9.17) is 4.18 Å². The number of aromatic amines is 1. The normalized spacial score (nSPS) is 25.9. The average molecular weight is 363 g/mol. The summed E-state index contributed by atoms with van der Waals surface area (Å²) in [5, 5.41) is 3.88. The first-order valence-corrected chi connectivity index (χ1v) is 10.2. The molecule has 1 amide bonds. The first-order chi connectivity index (χ1) is 11.9. The third kappa shape index (κ3) is 3.50. The maximum absolute atomic E-state index is 12.6. The molecule has 3 saturated heterocycles. The van der Waals surface area contributed by atoms with Crippen molar-refractivity contribution in [2.75, 3.05) is 25.9 Å². The largest absolute Gasteiger partial charge is 0.383 e. The molecular formula is C17H21N3O4S. The summed E-state index contributed by atoms with van der Waals surface area (Å²) < 4.78 is 27.4. The lowest BCUT2D eigenvalue weighted by atomic mass is 9.84. The summed E-state index contributed by atoms with van der Waals surface area (Å²) in [6.45, 7) is 3.18. The van der Waals surface area contributed by atoms with Gasteiger partial charge >= 0.3 is 10.1 Å². The third-order valence-electron chi connectivity index (χ3n) is 5.06. The van der Waals surface area contributed by atoms with Crippen LogP contribution in [0.3, 0.4) is 0 Å². The highest BCUT2D eigenvalue weighted by Crippen LogP contribution is 2.28. The van der Waals surface area contributed by atoms with Gasteiger partial charge in [0.25, 0.3) is 5.91 Å². The molecule has 3 fully saturated rings. The summed E-state index contributed by atoms with van der Waals surface area (Å²) >= 11 is 0. The number of hydrogen-bond donors (Lipinski definition) is 2. The van der Waals surface area contributed by atoms with Gasteiger partial charge in [0, 0.05) is 23.5 Å². The second kappa shape index (κ2) is 6.03. The van der Waals surface area contributed by atoms with E-state index in [2.05, 4.69) is 15.2 Å². The van der Waals surface area contributed by atoms with Gasteiger partial charge in [0.15, 0.2) is 0 Å². The number of fused-ring (bicyclic) bond motifs is 4. The van der Waals surface area contributed by atoms with Crippen molar-refractivity contribution in [2.24, 2.45) is 5.92 Å². The van der Waals surface area contributed by atoms with Gasteiger partial charge in [0.2, 0.25) is 0 Å². The van der Waals surface area contributed by atoms with E-state index < -0.39 is 10.1 Å². The van der Waals surface area contributed by atoms with Gasteiger partial charge in [-0.15, -0.1) is 0 Å². The summed E-state index contributed by atoms with van der Waals surface area (Å²) in [7, 11) is -3.57. The highest BCUT2D eigenvalue weighted by Gasteiger charge is 2.35. The Morgan fingerprint density at radius 3 is 2.68 bits per heavy atom. The molecule has 4 heterocycles. The lowest BCUT2D eigenvalue weighted by Crippen LogP contribution is -2.57. The number of nitrogens with zero attached hydrogens (tertiary/aromatic N) is 1. The van der Waals surface area contributed by atoms with Crippen molar-refractivity contribution in [1.82, 2.24) is 15.2 Å². The molecule has 1 aromatic heterocycles. The van der Waals surface area contributed by atoms with Crippen LogP contribution in [0, 0.1) is 5.92 Å². The molecule has 2 N–H and O–H groups in total. The van der Waals surface area contributed by atoms with Crippen LogP contribution in [0.1, 0.15) is 23.3 Å². The Morgan fingerprint density at radius 1 is 1.28 bits per heavy atom. The van der Waals surface area contributed by atoms with Crippen molar-refractivity contribution in [3.8, 4) is 5.75 Å². The number of H-pyrrole nitrogens is 1. The van der Waals surface area contributed by atoms with E-state index in [1.165, 1.54) is 0 Å². The van der Waals surface area contributed by atoms with Gasteiger partial charge in [-0.05, 0) is 56.1 Å². The zero-order valence-electron chi connectivity index (χ0n) is 14.0. The van der Waals surface area contributed by atoms with Crippen molar-refractivity contribution in [2.45, 2.75) is 18.9 Å². The predicted molar refractivity (Wildman–Crippen MR) is 94.2 cm³/mol. The van der Waals surface area contributed by atoms with Crippen LogP contribution in [0.15, 0.2) is 24.3 Å². The van der Waals surface area contributed by atoms with Crippen molar-refractivity contribution in [3.63, 3.8) is 0 Å². The second-order valence-corrected chi connectivity index (χ2v) is 8.51. The molecule has 0 spiro atoms. The van der Waals surface area contributed by atoms with Crippen LogP contribution in [-0.4, -0.2) is 56.1 Å². The second-order valence-electron chi connectivity index (χ2n) is 6.94. The first-order valence-electron chi connectivity index (χ1n) is 8.43. The Hall–Kier alpha value is -2.06. The molecule has 7 nitrogen and oxygen atoms in total. The number of piperidine rings is 3. The molecule has 1 unspecified atom stereocenters. The average Bonchev–Trinajstić information content (AvgIpc) is 2.98. The van der Waals surface area contributed by atoms with Crippen LogP contribution in [0.5, 0.6) is 5.75 Å². The molecule has 0 radical (unpaired) electrons. The summed E-state index contributed by atoms with van der Waals surface area (Å²) in [5.41, 5.74) is 1.24. The number of nitrogens with one attached hydrogen (secondary N) is 2. The van der Waals surface area contributed by atoms with E-state index in [0.29, 0.717) is 11.6 Å². The minimum atomic E-state index is -3.57. The van der Waals surface area contributed by atoms with Gasteiger partial charge in [-0.1, -0.05) is 0 Å². The molecule has 2 bridgehead atoms. The third-order valence-corrected chi connectivity index (χ3v) is 5.55. The number of rotatable bonds is 4. The quantitative estimate of drug-likeness (QED) is 0.800. The summed E-state index contributed by atoms with van der Waals surface area (Å²) in [6, 6.07) is 6.81. The maximum Gasteiger partial charge on any atom is 0.306 e. The summed E-state index contributed by atoms with van der Waals surface area (Å²) in [6.07, 6.45) is 3.29. The highest BCUT2D eigenvalue weighted by molar-refractivity contribution is 7.86. The molecule has 1 atom stereocenters. The van der Waals surface area contributed by atoms with Gasteiger partial charge in [-0.25, -0.2) is 0 Å². The lowest BCUT2D eigenvalue weighted by Gasteiger charge is -2.44. The predicted octanol–water partition coefficient (Wildman–Crippen LogP) is 1.33. The van der Waals surface area contributed by atoms with Crippen molar-refractivity contribution in [1.29, 1.82) is 0 Å². The zero-order chi connectivity index (χ0) is 17.6. The number of benzene rings is 1. The van der Waals surface area contributed by atoms with E-state index in [9.17, 15) is 13.2 Å². The van der Waals surface area contributed by atoms with E-state index in [-0.39, 0.29) is 17.7 Å². The Bertz CT molecular complexity index is 913. The van der Waals surface area contributed by atoms with Gasteiger partial charge < -0.3 is 19.4 Å². The monoisotopic (exact) mass is 363 g/mol. The number of amides is 1. The van der Waals surface area contributed by atoms with Gasteiger partial charge in [0.1, 0.15) is 11.4 Å². The zero-order valence-corrected chi connectivity index (χ0v) is 14.8. The van der Waals surface area contributed by atoms with Crippen LogP contribution in [0.2, 0.25) is 0 Å². The number of carbonyl (C=O) groups excluding carboxylic acids is 1. The molecule has 5 rings (SSSR count). The standard InChI is InChI=1S/C17H21N3O4S/c1-25(22,23)24-13-2-3-14-12(8-13)9-15(18-14)17(21)19-16-10-20-6-4-11(16)5-7-20/h2-3,8-9,11,16,18H,4-7,10H2,1H3,(H,19,21). The summed E-state index contributed by atoms with van der Waals surface area (Å²) in [5.74, 6) is 0.673. The number of carbonyl (C=O) groups is 1. The van der Waals surface area contributed by atoms with Crippen molar-refractivity contribution < 1.29 is 17.4 Å². The van der Waals surface area contributed by atoms with Crippen molar-refractivity contribution >= 4 is 26.9 Å². The molecule has 0 aliphatic carbocycles. The maximum atomic E-state index is 12.6. The van der Waals surface area contributed by atoms with Gasteiger partial charge in [0.05, 0.1) is 6.26 Å².